The van der Waals surface area contributed by atoms with E-state index in [0.29, 0.717) is 24.2 Å². The van der Waals surface area contributed by atoms with E-state index in [4.69, 9.17) is 0 Å². The summed E-state index contributed by atoms with van der Waals surface area (Å²) in [6.45, 7) is 3.66. The van der Waals surface area contributed by atoms with Crippen LogP contribution in [-0.4, -0.2) is 20.0 Å². The largest absolute Gasteiger partial charge is 0.299 e. The fraction of sp³-hybridized carbons (Fsp3) is 0.462. The lowest BCUT2D eigenvalue weighted by Crippen LogP contribution is -2.06. The Labute approximate surface area is 103 Å². The van der Waals surface area contributed by atoms with Crippen molar-refractivity contribution in [1.29, 1.82) is 0 Å². The third kappa shape index (κ3) is 3.97. The van der Waals surface area contributed by atoms with E-state index in [1.165, 1.54) is 0 Å². The predicted octanol–water partition coefficient (Wildman–Crippen LogP) is 2.39. The number of sulfone groups is 1. The van der Waals surface area contributed by atoms with Crippen LogP contribution in [0.1, 0.15) is 32.3 Å². The summed E-state index contributed by atoms with van der Waals surface area (Å²) < 4.78 is 23.5. The molecule has 0 aliphatic carbocycles. The highest BCUT2D eigenvalue weighted by Crippen LogP contribution is 2.14. The molecule has 0 atom stereocenters. The minimum atomic E-state index is -3.15. The van der Waals surface area contributed by atoms with E-state index in [1.807, 2.05) is 13.8 Å². The first-order valence-electron chi connectivity index (χ1n) is 5.83. The molecule has 0 saturated carbocycles. The van der Waals surface area contributed by atoms with Crippen LogP contribution in [0.4, 0.5) is 0 Å². The van der Waals surface area contributed by atoms with Crippen molar-refractivity contribution >= 4 is 15.6 Å². The average molecular weight is 254 g/mol. The summed E-state index contributed by atoms with van der Waals surface area (Å²) in [5, 5.41) is 0. The van der Waals surface area contributed by atoms with Gasteiger partial charge in [0.15, 0.2) is 9.84 Å². The van der Waals surface area contributed by atoms with E-state index in [0.717, 1.165) is 5.56 Å². The van der Waals surface area contributed by atoms with E-state index >= 15 is 0 Å². The molecule has 3 nitrogen and oxygen atoms in total. The van der Waals surface area contributed by atoms with Crippen molar-refractivity contribution in [1.82, 2.24) is 0 Å². The minimum absolute atomic E-state index is 0.161. The lowest BCUT2D eigenvalue weighted by molar-refractivity contribution is -0.118. The van der Waals surface area contributed by atoms with Crippen LogP contribution >= 0.6 is 0 Å². The molecular formula is C13H18O3S. The van der Waals surface area contributed by atoms with E-state index in [1.54, 1.807) is 24.3 Å². The van der Waals surface area contributed by atoms with Gasteiger partial charge in [-0.3, -0.25) is 4.79 Å². The van der Waals surface area contributed by atoms with Gasteiger partial charge in [0.1, 0.15) is 5.78 Å². The number of carbonyl (C=O) groups is 1. The van der Waals surface area contributed by atoms with Crippen molar-refractivity contribution in [3.8, 4) is 0 Å². The van der Waals surface area contributed by atoms with Gasteiger partial charge in [0.05, 0.1) is 10.6 Å². The number of hydrogen-bond donors (Lipinski definition) is 0. The minimum Gasteiger partial charge on any atom is -0.299 e. The molecule has 0 N–H and O–H groups in total. The van der Waals surface area contributed by atoms with Crippen LogP contribution in [0.3, 0.4) is 0 Å². The summed E-state index contributed by atoms with van der Waals surface area (Å²) in [7, 11) is -3.15. The lowest BCUT2D eigenvalue weighted by atomic mass is 10.1. The van der Waals surface area contributed by atoms with Crippen molar-refractivity contribution < 1.29 is 13.2 Å². The second-order valence-corrected chi connectivity index (χ2v) is 6.14. The molecule has 0 aliphatic rings. The van der Waals surface area contributed by atoms with Crippen LogP contribution in [0.5, 0.6) is 0 Å². The van der Waals surface area contributed by atoms with Crippen LogP contribution in [-0.2, 0) is 21.1 Å². The molecular weight excluding hydrogens is 236 g/mol. The van der Waals surface area contributed by atoms with Crippen molar-refractivity contribution in [2.24, 2.45) is 0 Å². The summed E-state index contributed by atoms with van der Waals surface area (Å²) in [4.78, 5) is 11.6. The Hall–Kier alpha value is -1.16. The maximum Gasteiger partial charge on any atom is 0.178 e. The molecule has 0 aliphatic heterocycles. The van der Waals surface area contributed by atoms with Gasteiger partial charge in [-0.15, -0.1) is 0 Å². The number of hydrogen-bond acceptors (Lipinski definition) is 3. The monoisotopic (exact) mass is 254 g/mol. The molecule has 0 heterocycles. The first-order chi connectivity index (χ1) is 7.99. The molecule has 0 fully saturated rings. The SMILES string of the molecule is CCCS(=O)(=O)c1ccc(CC(=O)CC)cc1. The number of rotatable bonds is 6. The van der Waals surface area contributed by atoms with Crippen LogP contribution in [0.2, 0.25) is 0 Å². The van der Waals surface area contributed by atoms with E-state index in [2.05, 4.69) is 0 Å². The van der Waals surface area contributed by atoms with Crippen LogP contribution in [0.25, 0.3) is 0 Å². The normalized spacial score (nSPS) is 11.4. The molecule has 17 heavy (non-hydrogen) atoms. The Kier molecular flexibility index (Phi) is 4.87. The highest BCUT2D eigenvalue weighted by molar-refractivity contribution is 7.91. The lowest BCUT2D eigenvalue weighted by Gasteiger charge is -2.04. The first-order valence-corrected chi connectivity index (χ1v) is 7.48. The highest BCUT2D eigenvalue weighted by Gasteiger charge is 2.12. The summed E-state index contributed by atoms with van der Waals surface area (Å²) in [6.07, 6.45) is 1.50. The van der Waals surface area contributed by atoms with E-state index in [-0.39, 0.29) is 11.5 Å². The van der Waals surface area contributed by atoms with E-state index in [9.17, 15) is 13.2 Å². The zero-order valence-electron chi connectivity index (χ0n) is 10.3. The molecule has 4 heteroatoms. The Balaban J connectivity index is 2.85. The first kappa shape index (κ1) is 13.9. The van der Waals surface area contributed by atoms with Crippen LogP contribution in [0.15, 0.2) is 29.2 Å². The van der Waals surface area contributed by atoms with Gasteiger partial charge in [-0.1, -0.05) is 26.0 Å². The molecule has 0 bridgehead atoms. The second-order valence-electron chi connectivity index (χ2n) is 4.03. The fourth-order valence-corrected chi connectivity index (χ4v) is 2.88. The standard InChI is InChI=1S/C13H18O3S/c1-3-9-17(15,16)13-7-5-11(6-8-13)10-12(14)4-2/h5-8H,3-4,9-10H2,1-2H3. The topological polar surface area (TPSA) is 51.2 Å². The van der Waals surface area contributed by atoms with Crippen molar-refractivity contribution in [3.63, 3.8) is 0 Å². The van der Waals surface area contributed by atoms with Gasteiger partial charge in [-0.05, 0) is 24.1 Å². The molecule has 0 aromatic heterocycles. The predicted molar refractivity (Wildman–Crippen MR) is 67.8 cm³/mol. The zero-order chi connectivity index (χ0) is 12.9. The molecule has 0 radical (unpaired) electrons. The molecule has 0 amide bonds. The number of benzene rings is 1. The Bertz CT molecular complexity index is 472. The van der Waals surface area contributed by atoms with Gasteiger partial charge < -0.3 is 0 Å². The van der Waals surface area contributed by atoms with Gasteiger partial charge in [0, 0.05) is 12.8 Å². The fourth-order valence-electron chi connectivity index (χ4n) is 1.55. The van der Waals surface area contributed by atoms with Gasteiger partial charge >= 0.3 is 0 Å². The Morgan fingerprint density at radius 1 is 1.12 bits per heavy atom. The average Bonchev–Trinajstić information content (AvgIpc) is 2.29. The third-order valence-corrected chi connectivity index (χ3v) is 4.49. The number of Topliss-reactive ketones (excluding diaryl/α,β-unsaturated/α-hetero) is 1. The van der Waals surface area contributed by atoms with Gasteiger partial charge in [-0.2, -0.15) is 0 Å². The van der Waals surface area contributed by atoms with Crippen molar-refractivity contribution in [2.45, 2.75) is 38.0 Å². The van der Waals surface area contributed by atoms with Gasteiger partial charge in [-0.25, -0.2) is 8.42 Å². The summed E-state index contributed by atoms with van der Waals surface area (Å²) >= 11 is 0. The maximum absolute atomic E-state index is 11.8. The highest BCUT2D eigenvalue weighted by atomic mass is 32.2. The van der Waals surface area contributed by atoms with E-state index < -0.39 is 9.84 Å². The van der Waals surface area contributed by atoms with Crippen molar-refractivity contribution in [2.75, 3.05) is 5.75 Å². The maximum atomic E-state index is 11.8. The number of ketones is 1. The van der Waals surface area contributed by atoms with Gasteiger partial charge in [0.25, 0.3) is 0 Å². The summed E-state index contributed by atoms with van der Waals surface area (Å²) in [6, 6.07) is 6.61. The smallest absolute Gasteiger partial charge is 0.178 e. The van der Waals surface area contributed by atoms with Crippen LogP contribution in [0, 0.1) is 0 Å². The second kappa shape index (κ2) is 5.96. The molecule has 0 unspecified atom stereocenters. The summed E-state index contributed by atoms with van der Waals surface area (Å²) in [5.74, 6) is 0.328. The molecule has 1 aromatic carbocycles. The zero-order valence-corrected chi connectivity index (χ0v) is 11.1. The Morgan fingerprint density at radius 3 is 2.18 bits per heavy atom. The molecule has 94 valence electrons. The quantitative estimate of drug-likeness (QED) is 0.783. The molecule has 1 aromatic rings. The number of carbonyl (C=O) groups excluding carboxylic acids is 1. The Morgan fingerprint density at radius 2 is 1.71 bits per heavy atom. The molecule has 0 saturated heterocycles. The van der Waals surface area contributed by atoms with Crippen LogP contribution < -0.4 is 0 Å². The summed E-state index contributed by atoms with van der Waals surface area (Å²) in [5.41, 5.74) is 0.868. The molecule has 1 rings (SSSR count). The van der Waals surface area contributed by atoms with Crippen molar-refractivity contribution in [3.05, 3.63) is 29.8 Å². The third-order valence-electron chi connectivity index (χ3n) is 2.55. The van der Waals surface area contributed by atoms with Gasteiger partial charge in [0.2, 0.25) is 0 Å². The molecule has 0 spiro atoms.